The smallest absolute Gasteiger partial charge is 0.115 e. The summed E-state index contributed by atoms with van der Waals surface area (Å²) in [6.45, 7) is 2.75. The molecule has 1 rings (SSSR count). The Labute approximate surface area is 66.7 Å². The van der Waals surface area contributed by atoms with E-state index in [1.807, 2.05) is 13.1 Å². The minimum absolute atomic E-state index is 0.726. The van der Waals surface area contributed by atoms with E-state index in [9.17, 15) is 0 Å². The van der Waals surface area contributed by atoms with E-state index in [1.165, 1.54) is 0 Å². The van der Waals surface area contributed by atoms with Crippen LogP contribution in [0.15, 0.2) is 12.5 Å². The maximum absolute atomic E-state index is 5.38. The standard InChI is InChI=1S/C8H13N3/c1-7-5-10-6-11-8(7)3-2-4-9/h5-6H,2-4,9H2,1H3. The molecule has 0 fully saturated rings. The number of nitrogens with two attached hydrogens (primary N) is 1. The summed E-state index contributed by atoms with van der Waals surface area (Å²) in [6, 6.07) is 0. The zero-order valence-corrected chi connectivity index (χ0v) is 6.75. The Kier molecular flexibility index (Phi) is 2.98. The van der Waals surface area contributed by atoms with Crippen molar-refractivity contribution in [1.29, 1.82) is 0 Å². The lowest BCUT2D eigenvalue weighted by molar-refractivity contribution is 0.798. The quantitative estimate of drug-likeness (QED) is 0.691. The molecule has 0 bridgehead atoms. The fourth-order valence-electron chi connectivity index (χ4n) is 0.956. The van der Waals surface area contributed by atoms with E-state index >= 15 is 0 Å². The maximum Gasteiger partial charge on any atom is 0.115 e. The predicted molar refractivity (Wildman–Crippen MR) is 44.1 cm³/mol. The van der Waals surface area contributed by atoms with Gasteiger partial charge in [-0.1, -0.05) is 0 Å². The molecule has 2 N–H and O–H groups in total. The summed E-state index contributed by atoms with van der Waals surface area (Å²) in [7, 11) is 0. The summed E-state index contributed by atoms with van der Waals surface area (Å²) in [5, 5.41) is 0. The molecule has 0 aliphatic rings. The second kappa shape index (κ2) is 4.03. The molecular formula is C8H13N3. The zero-order valence-electron chi connectivity index (χ0n) is 6.75. The van der Waals surface area contributed by atoms with Crippen LogP contribution in [0, 0.1) is 6.92 Å². The second-order valence-corrected chi connectivity index (χ2v) is 2.54. The molecule has 0 saturated heterocycles. The molecule has 0 spiro atoms. The van der Waals surface area contributed by atoms with Crippen LogP contribution in [0.3, 0.4) is 0 Å². The van der Waals surface area contributed by atoms with E-state index in [0.29, 0.717) is 0 Å². The molecule has 3 heteroatoms. The zero-order chi connectivity index (χ0) is 8.10. The largest absolute Gasteiger partial charge is 0.330 e. The highest BCUT2D eigenvalue weighted by Gasteiger charge is 1.96. The Hall–Kier alpha value is -0.960. The summed E-state index contributed by atoms with van der Waals surface area (Å²) in [5.41, 5.74) is 7.65. The molecule has 0 aromatic carbocycles. The lowest BCUT2D eigenvalue weighted by Crippen LogP contribution is -2.02. The van der Waals surface area contributed by atoms with Gasteiger partial charge in [-0.25, -0.2) is 9.97 Å². The van der Waals surface area contributed by atoms with Gasteiger partial charge in [0.1, 0.15) is 6.33 Å². The van der Waals surface area contributed by atoms with Gasteiger partial charge in [0.25, 0.3) is 0 Å². The van der Waals surface area contributed by atoms with E-state index in [4.69, 9.17) is 5.73 Å². The fraction of sp³-hybridized carbons (Fsp3) is 0.500. The van der Waals surface area contributed by atoms with Crippen molar-refractivity contribution < 1.29 is 0 Å². The first-order valence-electron chi connectivity index (χ1n) is 3.80. The average molecular weight is 151 g/mol. The number of nitrogens with zero attached hydrogens (tertiary/aromatic N) is 2. The van der Waals surface area contributed by atoms with Crippen molar-refractivity contribution in [2.24, 2.45) is 5.73 Å². The molecule has 60 valence electrons. The van der Waals surface area contributed by atoms with Crippen molar-refractivity contribution in [3.63, 3.8) is 0 Å². The lowest BCUT2D eigenvalue weighted by Gasteiger charge is -2.00. The van der Waals surface area contributed by atoms with Crippen molar-refractivity contribution in [2.75, 3.05) is 6.54 Å². The van der Waals surface area contributed by atoms with Crippen molar-refractivity contribution in [1.82, 2.24) is 9.97 Å². The van der Waals surface area contributed by atoms with Gasteiger partial charge < -0.3 is 5.73 Å². The van der Waals surface area contributed by atoms with Gasteiger partial charge in [0.15, 0.2) is 0 Å². The predicted octanol–water partition coefficient (Wildman–Crippen LogP) is 0.676. The number of hydrogen-bond acceptors (Lipinski definition) is 3. The molecular weight excluding hydrogens is 138 g/mol. The molecule has 3 nitrogen and oxygen atoms in total. The highest BCUT2D eigenvalue weighted by Crippen LogP contribution is 2.02. The van der Waals surface area contributed by atoms with E-state index in [2.05, 4.69) is 9.97 Å². The van der Waals surface area contributed by atoms with Gasteiger partial charge in [0, 0.05) is 11.9 Å². The van der Waals surface area contributed by atoms with Crippen LogP contribution in [0.5, 0.6) is 0 Å². The van der Waals surface area contributed by atoms with Crippen molar-refractivity contribution >= 4 is 0 Å². The number of aromatic nitrogens is 2. The van der Waals surface area contributed by atoms with Gasteiger partial charge in [0.2, 0.25) is 0 Å². The van der Waals surface area contributed by atoms with Crippen LogP contribution in [-0.4, -0.2) is 16.5 Å². The van der Waals surface area contributed by atoms with E-state index < -0.39 is 0 Å². The summed E-state index contributed by atoms with van der Waals surface area (Å²) < 4.78 is 0. The Bertz CT molecular complexity index is 222. The molecule has 0 atom stereocenters. The Morgan fingerprint density at radius 2 is 2.36 bits per heavy atom. The molecule has 0 amide bonds. The normalized spacial score (nSPS) is 10.0. The summed E-state index contributed by atoms with van der Waals surface area (Å²) in [5.74, 6) is 0. The lowest BCUT2D eigenvalue weighted by atomic mass is 10.1. The van der Waals surface area contributed by atoms with Gasteiger partial charge >= 0.3 is 0 Å². The van der Waals surface area contributed by atoms with E-state index in [1.54, 1.807) is 6.33 Å². The molecule has 11 heavy (non-hydrogen) atoms. The molecule has 0 saturated carbocycles. The Balaban J connectivity index is 2.62. The van der Waals surface area contributed by atoms with Crippen LogP contribution < -0.4 is 5.73 Å². The Morgan fingerprint density at radius 3 is 3.00 bits per heavy atom. The first kappa shape index (κ1) is 8.14. The molecule has 0 aliphatic carbocycles. The number of rotatable bonds is 3. The highest BCUT2D eigenvalue weighted by molar-refractivity contribution is 5.13. The van der Waals surface area contributed by atoms with Crippen LogP contribution in [-0.2, 0) is 6.42 Å². The molecule has 0 radical (unpaired) electrons. The van der Waals surface area contributed by atoms with Gasteiger partial charge in [-0.15, -0.1) is 0 Å². The molecule has 0 unspecified atom stereocenters. The monoisotopic (exact) mass is 151 g/mol. The van der Waals surface area contributed by atoms with Gasteiger partial charge in [0.05, 0.1) is 0 Å². The van der Waals surface area contributed by atoms with Crippen LogP contribution in [0.2, 0.25) is 0 Å². The first-order valence-corrected chi connectivity index (χ1v) is 3.80. The third-order valence-electron chi connectivity index (χ3n) is 1.62. The van der Waals surface area contributed by atoms with E-state index in [0.717, 1.165) is 30.6 Å². The van der Waals surface area contributed by atoms with Crippen LogP contribution in [0.1, 0.15) is 17.7 Å². The van der Waals surface area contributed by atoms with Gasteiger partial charge in [-0.05, 0) is 31.9 Å². The number of hydrogen-bond donors (Lipinski definition) is 1. The van der Waals surface area contributed by atoms with Crippen molar-refractivity contribution in [2.45, 2.75) is 19.8 Å². The van der Waals surface area contributed by atoms with E-state index in [-0.39, 0.29) is 0 Å². The summed E-state index contributed by atoms with van der Waals surface area (Å²) >= 11 is 0. The van der Waals surface area contributed by atoms with Crippen LogP contribution in [0.25, 0.3) is 0 Å². The highest BCUT2D eigenvalue weighted by atomic mass is 14.8. The number of aryl methyl sites for hydroxylation is 2. The van der Waals surface area contributed by atoms with Crippen LogP contribution in [0.4, 0.5) is 0 Å². The van der Waals surface area contributed by atoms with Gasteiger partial charge in [-0.2, -0.15) is 0 Å². The van der Waals surface area contributed by atoms with Crippen molar-refractivity contribution in [3.05, 3.63) is 23.8 Å². The average Bonchev–Trinajstić information content (AvgIpc) is 2.03. The third-order valence-corrected chi connectivity index (χ3v) is 1.62. The summed E-state index contributed by atoms with van der Waals surface area (Å²) in [6.07, 6.45) is 5.38. The molecule has 1 aromatic rings. The summed E-state index contributed by atoms with van der Waals surface area (Å²) in [4.78, 5) is 8.06. The first-order chi connectivity index (χ1) is 5.34. The maximum atomic E-state index is 5.38. The Morgan fingerprint density at radius 1 is 1.55 bits per heavy atom. The minimum Gasteiger partial charge on any atom is -0.330 e. The topological polar surface area (TPSA) is 51.8 Å². The SMILES string of the molecule is Cc1cncnc1CCCN. The second-order valence-electron chi connectivity index (χ2n) is 2.54. The molecule has 1 aromatic heterocycles. The third kappa shape index (κ3) is 2.27. The van der Waals surface area contributed by atoms with Crippen molar-refractivity contribution in [3.8, 4) is 0 Å². The van der Waals surface area contributed by atoms with Gasteiger partial charge in [-0.3, -0.25) is 0 Å². The minimum atomic E-state index is 0.726. The molecule has 0 aliphatic heterocycles. The molecule has 1 heterocycles. The fourth-order valence-corrected chi connectivity index (χ4v) is 0.956. The van der Waals surface area contributed by atoms with Crippen LogP contribution >= 0.6 is 0 Å².